The summed E-state index contributed by atoms with van der Waals surface area (Å²) in [4.78, 5) is 41.2. The minimum Gasteiger partial charge on any atom is -0.355 e. The van der Waals surface area contributed by atoms with E-state index in [1.54, 1.807) is 17.0 Å². The number of hydrogen-bond acceptors (Lipinski definition) is 5. The molecule has 0 spiro atoms. The van der Waals surface area contributed by atoms with Crippen molar-refractivity contribution >= 4 is 43.7 Å². The molecule has 3 amide bonds. The van der Waals surface area contributed by atoms with Crippen molar-refractivity contribution in [2.24, 2.45) is 0 Å². The number of likely N-dealkylation sites (N-methyl/N-ethyl adjacent to an activating group) is 1. The van der Waals surface area contributed by atoms with Crippen LogP contribution in [0.25, 0.3) is 0 Å². The van der Waals surface area contributed by atoms with E-state index in [2.05, 4.69) is 21.2 Å². The third-order valence-corrected chi connectivity index (χ3v) is 8.92. The quantitative estimate of drug-likeness (QED) is 0.351. The molecule has 0 saturated heterocycles. The summed E-state index contributed by atoms with van der Waals surface area (Å²) in [6, 6.07) is 22.3. The van der Waals surface area contributed by atoms with Gasteiger partial charge in [-0.05, 0) is 48.7 Å². The van der Waals surface area contributed by atoms with Crippen LogP contribution in [0.3, 0.4) is 0 Å². The van der Waals surface area contributed by atoms with Gasteiger partial charge in [-0.3, -0.25) is 14.4 Å². The van der Waals surface area contributed by atoms with Crippen molar-refractivity contribution in [3.8, 4) is 0 Å². The van der Waals surface area contributed by atoms with Crippen LogP contribution in [0.4, 0.5) is 0 Å². The predicted octanol–water partition coefficient (Wildman–Crippen LogP) is 4.15. The first-order valence-corrected chi connectivity index (χ1v) is 15.0. The molecule has 1 atom stereocenters. The van der Waals surface area contributed by atoms with E-state index in [0.29, 0.717) is 13.0 Å². The van der Waals surface area contributed by atoms with Crippen LogP contribution in [-0.2, 0) is 32.6 Å². The van der Waals surface area contributed by atoms with Gasteiger partial charge in [-0.25, -0.2) is 12.7 Å². The van der Waals surface area contributed by atoms with E-state index in [0.717, 1.165) is 19.9 Å². The molecule has 39 heavy (non-hydrogen) atoms. The first-order valence-electron chi connectivity index (χ1n) is 12.7. The van der Waals surface area contributed by atoms with E-state index >= 15 is 0 Å². The van der Waals surface area contributed by atoms with Crippen LogP contribution in [0.15, 0.2) is 88.2 Å². The number of hydrogen-bond donors (Lipinski definition) is 1. The fraction of sp³-hybridized carbons (Fsp3) is 0.276. The highest BCUT2D eigenvalue weighted by molar-refractivity contribution is 9.10. The fourth-order valence-corrected chi connectivity index (χ4v) is 6.47. The molecule has 0 aromatic heterocycles. The fourth-order valence-electron chi connectivity index (χ4n) is 4.60. The standard InChI is InChI=1S/C29H30BrN3O5S/c1-2-31-28(35)25(19-21-9-4-3-5-10-21)32(20-22-14-16-23(30)17-15-22)27(34)13-8-18-33-29(36)24-11-6-7-12-26(24)39(33,37)38/h3-7,9-12,14-17,25H,2,8,13,18-20H2,1H3,(H,31,35)/t25-/m0/s1. The minimum absolute atomic E-state index is 0.0163. The molecule has 0 aliphatic carbocycles. The Morgan fingerprint density at radius 1 is 0.949 bits per heavy atom. The van der Waals surface area contributed by atoms with Crippen molar-refractivity contribution in [3.05, 3.63) is 100 Å². The number of nitrogens with zero attached hydrogens (tertiary/aromatic N) is 2. The number of benzene rings is 3. The monoisotopic (exact) mass is 611 g/mol. The second-order valence-electron chi connectivity index (χ2n) is 9.23. The van der Waals surface area contributed by atoms with Crippen LogP contribution >= 0.6 is 15.9 Å². The molecule has 1 aliphatic rings. The zero-order valence-electron chi connectivity index (χ0n) is 21.5. The smallest absolute Gasteiger partial charge is 0.269 e. The van der Waals surface area contributed by atoms with Gasteiger partial charge in [-0.15, -0.1) is 0 Å². The Bertz CT molecular complexity index is 1450. The first-order chi connectivity index (χ1) is 18.7. The second kappa shape index (κ2) is 12.6. The van der Waals surface area contributed by atoms with Crippen LogP contribution in [-0.4, -0.2) is 54.5 Å². The number of sulfonamides is 1. The second-order valence-corrected chi connectivity index (χ2v) is 12.0. The average molecular weight is 613 g/mol. The molecule has 1 N–H and O–H groups in total. The third-order valence-electron chi connectivity index (χ3n) is 6.55. The number of rotatable bonds is 11. The molecule has 3 aromatic carbocycles. The van der Waals surface area contributed by atoms with Crippen molar-refractivity contribution in [2.75, 3.05) is 13.1 Å². The molecule has 1 aliphatic heterocycles. The summed E-state index contributed by atoms with van der Waals surface area (Å²) in [7, 11) is -3.95. The lowest BCUT2D eigenvalue weighted by atomic mass is 10.0. The third kappa shape index (κ3) is 6.57. The molecule has 0 bridgehead atoms. The Morgan fingerprint density at radius 3 is 2.28 bits per heavy atom. The Kier molecular flexibility index (Phi) is 9.19. The Morgan fingerprint density at radius 2 is 1.62 bits per heavy atom. The minimum atomic E-state index is -3.95. The van der Waals surface area contributed by atoms with E-state index in [1.807, 2.05) is 61.5 Å². The molecule has 0 unspecified atom stereocenters. The summed E-state index contributed by atoms with van der Waals surface area (Å²) in [5.74, 6) is -1.15. The normalized spacial score (nSPS) is 14.5. The van der Waals surface area contributed by atoms with Gasteiger partial charge in [0.05, 0.1) is 5.56 Å². The number of nitrogens with one attached hydrogen (secondary N) is 1. The summed E-state index contributed by atoms with van der Waals surface area (Å²) in [5.41, 5.74) is 1.90. The molecule has 204 valence electrons. The molecule has 4 rings (SSSR count). The SMILES string of the molecule is CCNC(=O)[C@H](Cc1ccccc1)N(Cc1ccc(Br)cc1)C(=O)CCCN1C(=O)c2ccccc2S1(=O)=O. The average Bonchev–Trinajstić information content (AvgIpc) is 3.13. The van der Waals surface area contributed by atoms with Crippen molar-refractivity contribution in [3.63, 3.8) is 0 Å². The molecular formula is C29H30BrN3O5S. The maximum atomic E-state index is 13.7. The van der Waals surface area contributed by atoms with Gasteiger partial charge in [0.2, 0.25) is 11.8 Å². The van der Waals surface area contributed by atoms with Crippen molar-refractivity contribution in [2.45, 2.75) is 43.7 Å². The van der Waals surface area contributed by atoms with Crippen LogP contribution in [0.2, 0.25) is 0 Å². The van der Waals surface area contributed by atoms with Crippen LogP contribution in [0, 0.1) is 0 Å². The van der Waals surface area contributed by atoms with Gasteiger partial charge < -0.3 is 10.2 Å². The van der Waals surface area contributed by atoms with E-state index in [9.17, 15) is 22.8 Å². The topological polar surface area (TPSA) is 104 Å². The van der Waals surface area contributed by atoms with Gasteiger partial charge in [0.25, 0.3) is 15.9 Å². The predicted molar refractivity (Wildman–Crippen MR) is 151 cm³/mol. The van der Waals surface area contributed by atoms with Crippen molar-refractivity contribution < 1.29 is 22.8 Å². The van der Waals surface area contributed by atoms with Gasteiger partial charge in [-0.1, -0.05) is 70.5 Å². The van der Waals surface area contributed by atoms with Crippen LogP contribution in [0.5, 0.6) is 0 Å². The van der Waals surface area contributed by atoms with Gasteiger partial charge in [0, 0.05) is 36.9 Å². The maximum Gasteiger partial charge on any atom is 0.269 e. The van der Waals surface area contributed by atoms with Crippen molar-refractivity contribution in [1.29, 1.82) is 0 Å². The van der Waals surface area contributed by atoms with Crippen LogP contribution < -0.4 is 5.32 Å². The molecule has 0 radical (unpaired) electrons. The van der Waals surface area contributed by atoms with E-state index in [1.165, 1.54) is 12.1 Å². The highest BCUT2D eigenvalue weighted by Crippen LogP contribution is 2.30. The van der Waals surface area contributed by atoms with E-state index in [4.69, 9.17) is 0 Å². The molecular weight excluding hydrogens is 582 g/mol. The zero-order chi connectivity index (χ0) is 28.0. The number of carbonyl (C=O) groups is 3. The molecule has 3 aromatic rings. The first kappa shape index (κ1) is 28.5. The zero-order valence-corrected chi connectivity index (χ0v) is 23.9. The Hall–Kier alpha value is -3.50. The van der Waals surface area contributed by atoms with E-state index in [-0.39, 0.29) is 48.2 Å². The van der Waals surface area contributed by atoms with Crippen molar-refractivity contribution in [1.82, 2.24) is 14.5 Å². The molecule has 8 nitrogen and oxygen atoms in total. The highest BCUT2D eigenvalue weighted by Gasteiger charge is 2.40. The summed E-state index contributed by atoms with van der Waals surface area (Å²) in [6.07, 6.45) is 0.419. The number of amides is 3. The van der Waals surface area contributed by atoms with Crippen LogP contribution in [0.1, 0.15) is 41.3 Å². The lowest BCUT2D eigenvalue weighted by molar-refractivity contribution is -0.141. The van der Waals surface area contributed by atoms with E-state index < -0.39 is 22.0 Å². The maximum absolute atomic E-state index is 13.7. The lowest BCUT2D eigenvalue weighted by Crippen LogP contribution is -2.50. The molecule has 0 fully saturated rings. The number of carbonyl (C=O) groups excluding carboxylic acids is 3. The number of fused-ring (bicyclic) bond motifs is 1. The van der Waals surface area contributed by atoms with Gasteiger partial charge >= 0.3 is 0 Å². The Balaban J connectivity index is 1.55. The summed E-state index contributed by atoms with van der Waals surface area (Å²) in [6.45, 7) is 2.31. The molecule has 0 saturated carbocycles. The van der Waals surface area contributed by atoms with Gasteiger partial charge in [0.15, 0.2) is 0 Å². The van der Waals surface area contributed by atoms with Gasteiger partial charge in [-0.2, -0.15) is 0 Å². The van der Waals surface area contributed by atoms with Gasteiger partial charge in [0.1, 0.15) is 10.9 Å². The summed E-state index contributed by atoms with van der Waals surface area (Å²) >= 11 is 3.42. The lowest BCUT2D eigenvalue weighted by Gasteiger charge is -2.31. The Labute approximate surface area is 237 Å². The summed E-state index contributed by atoms with van der Waals surface area (Å²) in [5, 5.41) is 2.85. The number of halogens is 1. The molecule has 10 heteroatoms. The summed E-state index contributed by atoms with van der Waals surface area (Å²) < 4.78 is 27.5. The molecule has 1 heterocycles. The largest absolute Gasteiger partial charge is 0.355 e. The highest BCUT2D eigenvalue weighted by atomic mass is 79.9.